The van der Waals surface area contributed by atoms with E-state index in [0.717, 1.165) is 30.9 Å². The summed E-state index contributed by atoms with van der Waals surface area (Å²) in [4.78, 5) is 34.2. The van der Waals surface area contributed by atoms with Gasteiger partial charge >= 0.3 is 5.69 Å². The van der Waals surface area contributed by atoms with Crippen molar-refractivity contribution in [1.82, 2.24) is 19.2 Å². The number of piperazine rings is 1. The number of benzene rings is 2. The van der Waals surface area contributed by atoms with Gasteiger partial charge in [0.25, 0.3) is 0 Å². The summed E-state index contributed by atoms with van der Waals surface area (Å²) in [6.45, 7) is 4.90. The van der Waals surface area contributed by atoms with Gasteiger partial charge < -0.3 is 15.1 Å². The predicted octanol–water partition coefficient (Wildman–Crippen LogP) is 2.30. The zero-order valence-electron chi connectivity index (χ0n) is 18.7. The standard InChI is InChI=1S/C24H24FN7O2/c1-17-2-8-20(9-3-17)29-12-14-30(15-13-29)22-23-28-32(24(34)31(23)11-10-26-22)16-21(33)27-19-6-4-18(25)5-7-19/h2-11H,12-16H2,1H3,(H,27,33). The quantitative estimate of drug-likeness (QED) is 0.491. The van der Waals surface area contributed by atoms with E-state index >= 15 is 0 Å². The number of amides is 1. The molecule has 0 aliphatic carbocycles. The molecule has 1 saturated heterocycles. The van der Waals surface area contributed by atoms with Crippen molar-refractivity contribution in [1.29, 1.82) is 0 Å². The fourth-order valence-electron chi connectivity index (χ4n) is 4.06. The molecule has 2 aromatic carbocycles. The van der Waals surface area contributed by atoms with Crippen molar-refractivity contribution in [3.63, 3.8) is 0 Å². The van der Waals surface area contributed by atoms with Gasteiger partial charge in [0.1, 0.15) is 12.4 Å². The van der Waals surface area contributed by atoms with Gasteiger partial charge in [0, 0.05) is 49.9 Å². The Balaban J connectivity index is 1.32. The summed E-state index contributed by atoms with van der Waals surface area (Å²) in [6, 6.07) is 13.9. The molecule has 2 aromatic heterocycles. The van der Waals surface area contributed by atoms with Crippen LogP contribution in [0.3, 0.4) is 0 Å². The minimum Gasteiger partial charge on any atom is -0.368 e. The predicted molar refractivity (Wildman–Crippen MR) is 128 cm³/mol. The minimum absolute atomic E-state index is 0.265. The molecule has 10 heteroatoms. The molecule has 1 amide bonds. The van der Waals surface area contributed by atoms with E-state index < -0.39 is 17.4 Å². The van der Waals surface area contributed by atoms with Crippen LogP contribution in [0.25, 0.3) is 5.65 Å². The van der Waals surface area contributed by atoms with Crippen molar-refractivity contribution in [2.75, 3.05) is 41.3 Å². The van der Waals surface area contributed by atoms with Crippen LogP contribution in [0.4, 0.5) is 21.6 Å². The molecule has 0 radical (unpaired) electrons. The van der Waals surface area contributed by atoms with Gasteiger partial charge in [-0.1, -0.05) is 17.7 Å². The van der Waals surface area contributed by atoms with Crippen LogP contribution >= 0.6 is 0 Å². The summed E-state index contributed by atoms with van der Waals surface area (Å²) < 4.78 is 15.6. The van der Waals surface area contributed by atoms with Crippen LogP contribution in [0.1, 0.15) is 5.56 Å². The molecule has 0 atom stereocenters. The number of carbonyl (C=O) groups is 1. The van der Waals surface area contributed by atoms with E-state index in [4.69, 9.17) is 0 Å². The largest absolute Gasteiger partial charge is 0.368 e. The molecule has 9 nitrogen and oxygen atoms in total. The van der Waals surface area contributed by atoms with Crippen molar-refractivity contribution >= 4 is 28.7 Å². The van der Waals surface area contributed by atoms with E-state index in [0.29, 0.717) is 17.2 Å². The Bertz CT molecular complexity index is 1370. The van der Waals surface area contributed by atoms with Gasteiger partial charge in [-0.25, -0.2) is 23.3 Å². The zero-order valence-corrected chi connectivity index (χ0v) is 18.7. The monoisotopic (exact) mass is 461 g/mol. The van der Waals surface area contributed by atoms with Crippen molar-refractivity contribution in [2.24, 2.45) is 0 Å². The van der Waals surface area contributed by atoms with Crippen LogP contribution in [0.15, 0.2) is 65.7 Å². The van der Waals surface area contributed by atoms with Crippen LogP contribution in [-0.4, -0.2) is 51.3 Å². The first kappa shape index (κ1) is 21.6. The van der Waals surface area contributed by atoms with E-state index in [1.165, 1.54) is 39.9 Å². The van der Waals surface area contributed by atoms with E-state index in [-0.39, 0.29) is 6.54 Å². The topological polar surface area (TPSA) is 87.8 Å². The molecule has 0 bridgehead atoms. The third kappa shape index (κ3) is 4.34. The number of fused-ring (bicyclic) bond motifs is 1. The van der Waals surface area contributed by atoms with Crippen LogP contribution in [0.2, 0.25) is 0 Å². The van der Waals surface area contributed by atoms with Gasteiger partial charge in [0.15, 0.2) is 5.82 Å². The molecule has 3 heterocycles. The zero-order chi connectivity index (χ0) is 23.7. The molecule has 0 saturated carbocycles. The summed E-state index contributed by atoms with van der Waals surface area (Å²) >= 11 is 0. The lowest BCUT2D eigenvalue weighted by Crippen LogP contribution is -2.47. The van der Waals surface area contributed by atoms with Crippen molar-refractivity contribution < 1.29 is 9.18 Å². The summed E-state index contributed by atoms with van der Waals surface area (Å²) in [7, 11) is 0. The summed E-state index contributed by atoms with van der Waals surface area (Å²) in [6.07, 6.45) is 3.12. The first-order chi connectivity index (χ1) is 16.5. The Morgan fingerprint density at radius 1 is 1.00 bits per heavy atom. The average molecular weight is 462 g/mol. The molecule has 174 valence electrons. The average Bonchev–Trinajstić information content (AvgIpc) is 3.16. The van der Waals surface area contributed by atoms with Crippen LogP contribution in [0.5, 0.6) is 0 Å². The summed E-state index contributed by atoms with van der Waals surface area (Å²) in [5.74, 6) is -0.214. The first-order valence-electron chi connectivity index (χ1n) is 11.0. The Morgan fingerprint density at radius 2 is 1.68 bits per heavy atom. The second-order valence-corrected chi connectivity index (χ2v) is 8.25. The van der Waals surface area contributed by atoms with E-state index in [2.05, 4.69) is 56.4 Å². The molecule has 5 rings (SSSR count). The molecule has 0 spiro atoms. The lowest BCUT2D eigenvalue weighted by Gasteiger charge is -2.36. The van der Waals surface area contributed by atoms with Crippen LogP contribution in [-0.2, 0) is 11.3 Å². The summed E-state index contributed by atoms with van der Waals surface area (Å²) in [5.41, 5.74) is 2.84. The number of carbonyl (C=O) groups excluding carboxylic acids is 1. The number of nitrogens with zero attached hydrogens (tertiary/aromatic N) is 6. The van der Waals surface area contributed by atoms with Crippen molar-refractivity contribution in [2.45, 2.75) is 13.5 Å². The molecule has 1 aliphatic heterocycles. The molecular formula is C24H24FN7O2. The molecule has 0 unspecified atom stereocenters. The molecule has 4 aromatic rings. The SMILES string of the molecule is Cc1ccc(N2CCN(c3nccn4c(=O)n(CC(=O)Nc5ccc(F)cc5)nc34)CC2)cc1. The Labute approximate surface area is 195 Å². The van der Waals surface area contributed by atoms with Crippen molar-refractivity contribution in [3.8, 4) is 0 Å². The highest BCUT2D eigenvalue weighted by Crippen LogP contribution is 2.21. The second-order valence-electron chi connectivity index (χ2n) is 8.25. The van der Waals surface area contributed by atoms with Crippen LogP contribution in [0, 0.1) is 12.7 Å². The second kappa shape index (κ2) is 8.97. The van der Waals surface area contributed by atoms with Gasteiger partial charge in [-0.05, 0) is 43.3 Å². The number of aryl methyl sites for hydroxylation is 1. The van der Waals surface area contributed by atoms with Gasteiger partial charge in [-0.2, -0.15) is 0 Å². The Morgan fingerprint density at radius 3 is 2.38 bits per heavy atom. The first-order valence-corrected chi connectivity index (χ1v) is 11.0. The summed E-state index contributed by atoms with van der Waals surface area (Å²) in [5, 5.41) is 7.04. The highest BCUT2D eigenvalue weighted by atomic mass is 19.1. The minimum atomic E-state index is -0.432. The number of halogens is 1. The third-order valence-corrected chi connectivity index (χ3v) is 5.88. The number of anilines is 3. The fourth-order valence-corrected chi connectivity index (χ4v) is 4.06. The molecule has 1 aliphatic rings. The smallest absolute Gasteiger partial charge is 0.350 e. The number of hydrogen-bond acceptors (Lipinski definition) is 6. The number of rotatable bonds is 5. The number of aromatic nitrogens is 4. The fraction of sp³-hybridized carbons (Fsp3) is 0.250. The molecule has 1 fully saturated rings. The molecule has 1 N–H and O–H groups in total. The van der Waals surface area contributed by atoms with E-state index in [9.17, 15) is 14.0 Å². The maximum absolute atomic E-state index is 13.1. The lowest BCUT2D eigenvalue weighted by molar-refractivity contribution is -0.117. The maximum Gasteiger partial charge on any atom is 0.350 e. The third-order valence-electron chi connectivity index (χ3n) is 5.88. The van der Waals surface area contributed by atoms with Gasteiger partial charge in [-0.15, -0.1) is 5.10 Å². The lowest BCUT2D eigenvalue weighted by atomic mass is 10.2. The molecule has 34 heavy (non-hydrogen) atoms. The van der Waals surface area contributed by atoms with E-state index in [1.54, 1.807) is 12.4 Å². The highest BCUT2D eigenvalue weighted by Gasteiger charge is 2.22. The number of hydrogen-bond donors (Lipinski definition) is 1. The normalized spacial score (nSPS) is 13.9. The van der Waals surface area contributed by atoms with E-state index in [1.807, 2.05) is 0 Å². The number of nitrogens with one attached hydrogen (secondary N) is 1. The van der Waals surface area contributed by atoms with Gasteiger partial charge in [0.05, 0.1) is 0 Å². The van der Waals surface area contributed by atoms with Gasteiger partial charge in [-0.3, -0.25) is 4.79 Å². The Hall–Kier alpha value is -4.21. The Kier molecular flexibility index (Phi) is 5.70. The van der Waals surface area contributed by atoms with Crippen molar-refractivity contribution in [3.05, 3.63) is 82.8 Å². The highest BCUT2D eigenvalue weighted by molar-refractivity contribution is 5.90. The van der Waals surface area contributed by atoms with Gasteiger partial charge in [0.2, 0.25) is 11.6 Å². The molecular weight excluding hydrogens is 437 g/mol. The maximum atomic E-state index is 13.1. The van der Waals surface area contributed by atoms with Crippen LogP contribution < -0.4 is 20.8 Å².